The average Bonchev–Trinajstić information content (AvgIpc) is 2.87. The van der Waals surface area contributed by atoms with Gasteiger partial charge in [0.15, 0.2) is 0 Å². The second-order valence-corrected chi connectivity index (χ2v) is 6.96. The summed E-state index contributed by atoms with van der Waals surface area (Å²) in [6.45, 7) is 3.87. The lowest BCUT2D eigenvalue weighted by Gasteiger charge is -2.43. The predicted molar refractivity (Wildman–Crippen MR) is 84.1 cm³/mol. The molecule has 1 amide bonds. The number of hydrogen-bond donors (Lipinski definition) is 3. The van der Waals surface area contributed by atoms with Gasteiger partial charge < -0.3 is 15.5 Å². The molecule has 3 atom stereocenters. The van der Waals surface area contributed by atoms with Gasteiger partial charge in [-0.15, -0.1) is 11.3 Å². The molecule has 1 aromatic rings. The lowest BCUT2D eigenvalue weighted by Crippen LogP contribution is -2.41. The van der Waals surface area contributed by atoms with Crippen LogP contribution in [0.25, 0.3) is 0 Å². The van der Waals surface area contributed by atoms with Crippen LogP contribution >= 0.6 is 11.3 Å². The van der Waals surface area contributed by atoms with Crippen molar-refractivity contribution in [3.63, 3.8) is 0 Å². The lowest BCUT2D eigenvalue weighted by atomic mass is 9.81. The highest BCUT2D eigenvalue weighted by atomic mass is 32.1. The Kier molecular flexibility index (Phi) is 4.11. The van der Waals surface area contributed by atoms with Gasteiger partial charge in [0, 0.05) is 17.5 Å². The maximum Gasteiger partial charge on any atom is 0.394 e. The summed E-state index contributed by atoms with van der Waals surface area (Å²) < 4.78 is 0. The number of aliphatic carboxylic acids is 1. The molecule has 23 heavy (non-hydrogen) atoms. The number of nitrogens with one attached hydrogen (secondary N) is 1. The Balaban J connectivity index is 2.11. The summed E-state index contributed by atoms with van der Waals surface area (Å²) in [5.74, 6) is -3.80. The number of carbonyl (C=O) groups excluding carboxylic acids is 1. The first kappa shape index (κ1) is 15.9. The van der Waals surface area contributed by atoms with Crippen LogP contribution in [0.2, 0.25) is 0 Å². The van der Waals surface area contributed by atoms with Gasteiger partial charge in [0.2, 0.25) is 0 Å². The molecule has 7 nitrogen and oxygen atoms in total. The van der Waals surface area contributed by atoms with Gasteiger partial charge in [0.1, 0.15) is 5.00 Å². The van der Waals surface area contributed by atoms with Gasteiger partial charge in [-0.25, -0.2) is 9.59 Å². The summed E-state index contributed by atoms with van der Waals surface area (Å²) in [5.41, 5.74) is 0.871. The minimum absolute atomic E-state index is 0.0737. The van der Waals surface area contributed by atoms with Crippen molar-refractivity contribution in [2.24, 2.45) is 0 Å². The Hall–Kier alpha value is -1.93. The zero-order valence-corrected chi connectivity index (χ0v) is 13.5. The quantitative estimate of drug-likeness (QED) is 0.729. The number of carboxylic acids is 2. The van der Waals surface area contributed by atoms with Gasteiger partial charge in [-0.3, -0.25) is 9.69 Å². The summed E-state index contributed by atoms with van der Waals surface area (Å²) in [6, 6.07) is 0.139. The molecule has 3 rings (SSSR count). The van der Waals surface area contributed by atoms with Gasteiger partial charge in [-0.1, -0.05) is 6.92 Å². The molecule has 2 bridgehead atoms. The summed E-state index contributed by atoms with van der Waals surface area (Å²) in [5, 5.41) is 20.8. The summed E-state index contributed by atoms with van der Waals surface area (Å²) in [6.07, 6.45) is 2.79. The maximum atomic E-state index is 11.8. The summed E-state index contributed by atoms with van der Waals surface area (Å²) in [4.78, 5) is 37.3. The highest BCUT2D eigenvalue weighted by Gasteiger charge is 2.40. The first-order valence-corrected chi connectivity index (χ1v) is 8.43. The fourth-order valence-electron chi connectivity index (χ4n) is 3.71. The maximum absolute atomic E-state index is 11.8. The van der Waals surface area contributed by atoms with Crippen LogP contribution in [0.1, 0.15) is 58.9 Å². The molecular weight excluding hydrogens is 320 g/mol. The van der Waals surface area contributed by atoms with Crippen molar-refractivity contribution >= 4 is 34.2 Å². The molecule has 0 radical (unpaired) electrons. The fraction of sp³-hybridized carbons (Fsp3) is 0.533. The Morgan fingerprint density at radius 2 is 2.09 bits per heavy atom. The molecule has 2 aliphatic rings. The van der Waals surface area contributed by atoms with Crippen LogP contribution in [-0.2, 0) is 9.59 Å². The van der Waals surface area contributed by atoms with Crippen molar-refractivity contribution in [3.05, 3.63) is 16.0 Å². The second kappa shape index (κ2) is 5.93. The van der Waals surface area contributed by atoms with Crippen LogP contribution in [0, 0.1) is 0 Å². The highest BCUT2D eigenvalue weighted by Crippen LogP contribution is 2.50. The first-order valence-electron chi connectivity index (χ1n) is 7.62. The molecule has 8 heteroatoms. The molecule has 1 saturated heterocycles. The largest absolute Gasteiger partial charge is 0.478 e. The van der Waals surface area contributed by atoms with E-state index in [4.69, 9.17) is 5.11 Å². The third-order valence-corrected chi connectivity index (χ3v) is 5.82. The van der Waals surface area contributed by atoms with E-state index < -0.39 is 17.8 Å². The van der Waals surface area contributed by atoms with Crippen LogP contribution in [0.15, 0.2) is 0 Å². The van der Waals surface area contributed by atoms with E-state index in [0.29, 0.717) is 0 Å². The number of amides is 1. The molecular formula is C15H18N2O5S. The van der Waals surface area contributed by atoms with Crippen LogP contribution in [0.3, 0.4) is 0 Å². The Labute approximate surface area is 136 Å². The van der Waals surface area contributed by atoms with Gasteiger partial charge in [-0.05, 0) is 37.3 Å². The molecule has 0 aliphatic carbocycles. The minimum atomic E-state index is -1.62. The molecule has 124 valence electrons. The van der Waals surface area contributed by atoms with Gasteiger partial charge in [-0.2, -0.15) is 0 Å². The number of hydrogen-bond acceptors (Lipinski definition) is 5. The van der Waals surface area contributed by atoms with Crippen LogP contribution in [0.4, 0.5) is 5.00 Å². The smallest absolute Gasteiger partial charge is 0.394 e. The molecule has 1 fully saturated rings. The van der Waals surface area contributed by atoms with Gasteiger partial charge in [0.25, 0.3) is 0 Å². The van der Waals surface area contributed by atoms with E-state index in [1.807, 2.05) is 0 Å². The number of rotatable bonds is 3. The Morgan fingerprint density at radius 3 is 2.70 bits per heavy atom. The van der Waals surface area contributed by atoms with E-state index in [1.54, 1.807) is 0 Å². The number of carboxylic acid groups (broad SMARTS) is 2. The van der Waals surface area contributed by atoms with Crippen molar-refractivity contribution in [1.29, 1.82) is 0 Å². The highest BCUT2D eigenvalue weighted by molar-refractivity contribution is 7.17. The van der Waals surface area contributed by atoms with Crippen molar-refractivity contribution in [1.82, 2.24) is 4.90 Å². The normalized spacial score (nSPS) is 25.5. The van der Waals surface area contributed by atoms with E-state index in [2.05, 4.69) is 17.1 Å². The van der Waals surface area contributed by atoms with Crippen molar-refractivity contribution in [2.75, 3.05) is 18.4 Å². The third kappa shape index (κ3) is 2.61. The van der Waals surface area contributed by atoms with E-state index in [-0.39, 0.29) is 22.5 Å². The standard InChI is InChI=1S/C15H18N2O5S/c1-2-8-11-9(7-4-3-5-17(8)6-7)10(14(19)20)13(23-11)16-12(18)15(21)22/h7-8H,2-6H2,1H3,(H,16,18)(H,19,20)(H,21,22). The van der Waals surface area contributed by atoms with E-state index in [0.717, 1.165) is 42.8 Å². The number of anilines is 1. The summed E-state index contributed by atoms with van der Waals surface area (Å²) in [7, 11) is 0. The predicted octanol–water partition coefficient (Wildman–Crippen LogP) is 2.11. The number of piperidine rings is 1. The minimum Gasteiger partial charge on any atom is -0.478 e. The SMILES string of the molecule is CCC1c2sc(NC(=O)C(=O)O)c(C(=O)O)c2C2CCCN1C2. The number of nitrogens with zero attached hydrogens (tertiary/aromatic N) is 1. The van der Waals surface area contributed by atoms with Crippen LogP contribution in [0.5, 0.6) is 0 Å². The molecule has 3 unspecified atom stereocenters. The Morgan fingerprint density at radius 1 is 1.35 bits per heavy atom. The molecule has 0 spiro atoms. The van der Waals surface area contributed by atoms with Gasteiger partial charge >= 0.3 is 17.8 Å². The second-order valence-electron chi connectivity index (χ2n) is 5.91. The molecule has 1 aromatic heterocycles. The average molecular weight is 338 g/mol. The number of carbonyl (C=O) groups is 3. The Bertz CT molecular complexity index is 684. The lowest BCUT2D eigenvalue weighted by molar-refractivity contribution is -0.147. The van der Waals surface area contributed by atoms with E-state index in [9.17, 15) is 19.5 Å². The van der Waals surface area contributed by atoms with Crippen LogP contribution in [-0.4, -0.2) is 46.0 Å². The molecule has 3 N–H and O–H groups in total. The van der Waals surface area contributed by atoms with Crippen molar-refractivity contribution < 1.29 is 24.6 Å². The topological polar surface area (TPSA) is 107 Å². The third-order valence-electron chi connectivity index (χ3n) is 4.60. The fourth-order valence-corrected chi connectivity index (χ4v) is 5.20. The van der Waals surface area contributed by atoms with Crippen molar-refractivity contribution in [2.45, 2.75) is 38.1 Å². The van der Waals surface area contributed by atoms with E-state index in [1.165, 1.54) is 11.3 Å². The molecule has 0 aromatic carbocycles. The summed E-state index contributed by atoms with van der Waals surface area (Å²) >= 11 is 1.21. The zero-order chi connectivity index (χ0) is 16.7. The monoisotopic (exact) mass is 338 g/mol. The van der Waals surface area contributed by atoms with Crippen molar-refractivity contribution in [3.8, 4) is 0 Å². The molecule has 2 aliphatic heterocycles. The zero-order valence-electron chi connectivity index (χ0n) is 12.7. The van der Waals surface area contributed by atoms with E-state index >= 15 is 0 Å². The molecule has 0 saturated carbocycles. The number of thiophene rings is 1. The van der Waals surface area contributed by atoms with Crippen LogP contribution < -0.4 is 5.32 Å². The van der Waals surface area contributed by atoms with Gasteiger partial charge in [0.05, 0.1) is 5.56 Å². The first-order chi connectivity index (χ1) is 10.9. The number of fused-ring (bicyclic) bond motifs is 4. The number of aromatic carboxylic acids is 1. The molecule has 3 heterocycles.